The minimum atomic E-state index is -0.330. The summed E-state index contributed by atoms with van der Waals surface area (Å²) in [5, 5.41) is 0. The van der Waals surface area contributed by atoms with Gasteiger partial charge in [-0.3, -0.25) is 9.59 Å². The number of carbonyl (C=O) groups is 2. The van der Waals surface area contributed by atoms with Crippen molar-refractivity contribution in [1.82, 2.24) is 4.90 Å². The zero-order valence-corrected chi connectivity index (χ0v) is 30.9. The van der Waals surface area contributed by atoms with Crippen LogP contribution in [0.25, 0.3) is 0 Å². The third-order valence-electron chi connectivity index (χ3n) is 8.75. The van der Waals surface area contributed by atoms with Crippen molar-refractivity contribution in [3.05, 3.63) is 0 Å². The number of rotatable bonds is 38. The summed E-state index contributed by atoms with van der Waals surface area (Å²) in [5.41, 5.74) is 0. The molecule has 0 saturated carbocycles. The van der Waals surface area contributed by atoms with Gasteiger partial charge in [-0.2, -0.15) is 0 Å². The molecule has 0 aliphatic heterocycles. The maximum absolute atomic E-state index is 13.1. The number of carbonyl (C=O) groups excluding carboxylic acids is 2. The third kappa shape index (κ3) is 34.2. The van der Waals surface area contributed by atoms with E-state index < -0.39 is 0 Å². The lowest BCUT2D eigenvalue weighted by Crippen LogP contribution is -2.33. The fourth-order valence-corrected chi connectivity index (χ4v) is 5.77. The van der Waals surface area contributed by atoms with Crippen LogP contribution < -0.4 is 0 Å². The van der Waals surface area contributed by atoms with Crippen LogP contribution in [0.4, 0.5) is 0 Å². The molecule has 0 N–H and O–H groups in total. The van der Waals surface area contributed by atoms with Gasteiger partial charge in [0.2, 0.25) is 5.91 Å². The van der Waals surface area contributed by atoms with E-state index in [9.17, 15) is 9.59 Å². The molecule has 0 aromatic heterocycles. The maximum atomic E-state index is 13.1. The van der Waals surface area contributed by atoms with Crippen LogP contribution in [0, 0.1) is 0 Å². The Morgan fingerprint density at radius 3 is 1.17 bits per heavy atom. The molecule has 7 heteroatoms. The zero-order chi connectivity index (χ0) is 33.6. The van der Waals surface area contributed by atoms with E-state index in [2.05, 4.69) is 13.8 Å². The van der Waals surface area contributed by atoms with E-state index in [-0.39, 0.29) is 31.3 Å². The number of methoxy groups -OCH3 is 1. The second-order valence-electron chi connectivity index (χ2n) is 13.1. The van der Waals surface area contributed by atoms with Gasteiger partial charge in [-0.1, -0.05) is 155 Å². The third-order valence-corrected chi connectivity index (χ3v) is 8.75. The van der Waals surface area contributed by atoms with Gasteiger partial charge in [0.05, 0.1) is 39.5 Å². The van der Waals surface area contributed by atoms with Crippen LogP contribution in [0.15, 0.2) is 0 Å². The first-order valence-electron chi connectivity index (χ1n) is 19.7. The van der Waals surface area contributed by atoms with Crippen molar-refractivity contribution in [3.8, 4) is 0 Å². The molecule has 0 radical (unpaired) electrons. The van der Waals surface area contributed by atoms with Crippen LogP contribution in [-0.4, -0.2) is 76.6 Å². The molecule has 0 bridgehead atoms. The highest BCUT2D eigenvalue weighted by Crippen LogP contribution is 2.15. The lowest BCUT2D eigenvalue weighted by Gasteiger charge is -2.23. The highest BCUT2D eigenvalue weighted by atomic mass is 16.6. The van der Waals surface area contributed by atoms with Crippen molar-refractivity contribution in [2.75, 3.05) is 59.8 Å². The predicted octanol–water partition coefficient (Wildman–Crippen LogP) is 10.2. The van der Waals surface area contributed by atoms with Crippen LogP contribution in [-0.2, 0) is 28.5 Å². The van der Waals surface area contributed by atoms with Crippen molar-refractivity contribution in [1.29, 1.82) is 0 Å². The van der Waals surface area contributed by atoms with Crippen molar-refractivity contribution in [3.63, 3.8) is 0 Å². The van der Waals surface area contributed by atoms with Gasteiger partial charge in [-0.05, 0) is 12.8 Å². The maximum Gasteiger partial charge on any atom is 0.306 e. The topological polar surface area (TPSA) is 74.3 Å². The molecular weight excluding hydrogens is 578 g/mol. The van der Waals surface area contributed by atoms with E-state index in [0.29, 0.717) is 33.0 Å². The van der Waals surface area contributed by atoms with Crippen LogP contribution in [0.3, 0.4) is 0 Å². The molecule has 1 amide bonds. The average molecular weight is 656 g/mol. The molecule has 0 fully saturated rings. The van der Waals surface area contributed by atoms with Crippen LogP contribution >= 0.6 is 0 Å². The molecule has 274 valence electrons. The van der Waals surface area contributed by atoms with E-state index in [1.165, 1.54) is 141 Å². The molecule has 0 aliphatic carbocycles. The van der Waals surface area contributed by atoms with Gasteiger partial charge in [-0.25, -0.2) is 0 Å². The van der Waals surface area contributed by atoms with Gasteiger partial charge >= 0.3 is 5.97 Å². The van der Waals surface area contributed by atoms with Crippen LogP contribution in [0.5, 0.6) is 0 Å². The Bertz CT molecular complexity index is 604. The van der Waals surface area contributed by atoms with E-state index in [4.69, 9.17) is 18.9 Å². The van der Waals surface area contributed by atoms with Gasteiger partial charge in [0.25, 0.3) is 0 Å². The van der Waals surface area contributed by atoms with Gasteiger partial charge in [-0.15, -0.1) is 0 Å². The molecular formula is C39H77NO6. The Morgan fingerprint density at radius 2 is 0.783 bits per heavy atom. The van der Waals surface area contributed by atoms with E-state index in [1.807, 2.05) is 4.90 Å². The second kappa shape index (κ2) is 38.3. The Morgan fingerprint density at radius 1 is 0.435 bits per heavy atom. The lowest BCUT2D eigenvalue weighted by atomic mass is 10.0. The van der Waals surface area contributed by atoms with E-state index in [1.54, 1.807) is 7.11 Å². The summed E-state index contributed by atoms with van der Waals surface area (Å²) in [7, 11) is 1.64. The summed E-state index contributed by atoms with van der Waals surface area (Å²) in [6.07, 6.45) is 31.9. The molecule has 7 nitrogen and oxygen atoms in total. The summed E-state index contributed by atoms with van der Waals surface area (Å²) in [6.45, 7) is 8.74. The van der Waals surface area contributed by atoms with Crippen LogP contribution in [0.1, 0.15) is 181 Å². The minimum absolute atomic E-state index is 0.0903. The van der Waals surface area contributed by atoms with E-state index in [0.717, 1.165) is 25.9 Å². The Hall–Kier alpha value is -1.18. The molecule has 0 aromatic rings. The first kappa shape index (κ1) is 44.8. The molecule has 0 heterocycles. The van der Waals surface area contributed by atoms with Crippen LogP contribution in [0.2, 0.25) is 0 Å². The molecule has 0 spiro atoms. The SMILES string of the molecule is CCCCCCCCCCCCCCN(CCCCCCCCCCCCCC)C(=O)CCC(=O)OCCOCCOCCOC. The highest BCUT2D eigenvalue weighted by Gasteiger charge is 2.15. The Balaban J connectivity index is 4.20. The van der Waals surface area contributed by atoms with Gasteiger partial charge in [0.1, 0.15) is 6.61 Å². The van der Waals surface area contributed by atoms with Crippen molar-refractivity contribution in [2.24, 2.45) is 0 Å². The quantitative estimate of drug-likeness (QED) is 0.0487. The first-order valence-corrected chi connectivity index (χ1v) is 19.7. The Kier molecular flexibility index (Phi) is 37.3. The van der Waals surface area contributed by atoms with Crippen molar-refractivity contribution >= 4 is 11.9 Å². The molecule has 0 aromatic carbocycles. The summed E-state index contributed by atoms with van der Waals surface area (Å²) >= 11 is 0. The fraction of sp³-hybridized carbons (Fsp3) is 0.949. The number of unbranched alkanes of at least 4 members (excludes halogenated alkanes) is 22. The lowest BCUT2D eigenvalue weighted by molar-refractivity contribution is -0.147. The molecule has 0 aliphatic rings. The summed E-state index contributed by atoms with van der Waals surface area (Å²) in [6, 6.07) is 0. The minimum Gasteiger partial charge on any atom is -0.463 e. The summed E-state index contributed by atoms with van der Waals surface area (Å²) < 4.78 is 21.0. The first-order chi connectivity index (χ1) is 22.7. The number of hydrogen-bond acceptors (Lipinski definition) is 6. The zero-order valence-electron chi connectivity index (χ0n) is 30.9. The number of esters is 1. The largest absolute Gasteiger partial charge is 0.463 e. The molecule has 0 unspecified atom stereocenters. The number of nitrogens with zero attached hydrogens (tertiary/aromatic N) is 1. The summed E-state index contributed by atoms with van der Waals surface area (Å²) in [5.74, 6) is -0.239. The highest BCUT2D eigenvalue weighted by molar-refractivity contribution is 5.81. The van der Waals surface area contributed by atoms with Gasteiger partial charge < -0.3 is 23.8 Å². The molecule has 46 heavy (non-hydrogen) atoms. The normalized spacial score (nSPS) is 11.3. The second-order valence-corrected chi connectivity index (χ2v) is 13.1. The number of ether oxygens (including phenoxy) is 4. The average Bonchev–Trinajstić information content (AvgIpc) is 3.06. The Labute approximate surface area is 285 Å². The molecule has 0 rings (SSSR count). The monoisotopic (exact) mass is 656 g/mol. The molecule has 0 atom stereocenters. The number of amides is 1. The fourth-order valence-electron chi connectivity index (χ4n) is 5.77. The standard InChI is InChI=1S/C39H77NO6/c1-4-6-8-10-12-14-16-18-20-22-24-26-30-40(31-27-25-23-21-19-17-15-13-11-9-7-5-2)38(41)28-29-39(42)46-37-36-45-35-34-44-33-32-43-3/h4-37H2,1-3H3. The van der Waals surface area contributed by atoms with Crippen molar-refractivity contribution < 1.29 is 28.5 Å². The van der Waals surface area contributed by atoms with Gasteiger partial charge in [0, 0.05) is 26.6 Å². The predicted molar refractivity (Wildman–Crippen MR) is 192 cm³/mol. The number of hydrogen-bond donors (Lipinski definition) is 0. The van der Waals surface area contributed by atoms with Crippen molar-refractivity contribution in [2.45, 2.75) is 181 Å². The molecule has 0 saturated heterocycles. The summed E-state index contributed by atoms with van der Waals surface area (Å²) in [4.78, 5) is 27.4. The van der Waals surface area contributed by atoms with Gasteiger partial charge in [0.15, 0.2) is 0 Å². The van der Waals surface area contributed by atoms with E-state index >= 15 is 0 Å². The smallest absolute Gasteiger partial charge is 0.306 e.